The van der Waals surface area contributed by atoms with Gasteiger partial charge in [0.05, 0.1) is 23.1 Å². The first kappa shape index (κ1) is 28.3. The van der Waals surface area contributed by atoms with Crippen molar-refractivity contribution in [3.8, 4) is 11.8 Å². The summed E-state index contributed by atoms with van der Waals surface area (Å²) in [6.45, 7) is 7.40. The van der Waals surface area contributed by atoms with Crippen molar-refractivity contribution in [2.75, 3.05) is 6.54 Å². The number of alkyl halides is 6. The van der Waals surface area contributed by atoms with Crippen LogP contribution < -0.4 is 0 Å². The molecule has 1 N–H and O–H groups in total. The highest BCUT2D eigenvalue weighted by atomic mass is 19.4. The minimum absolute atomic E-state index is 0.247. The van der Waals surface area contributed by atoms with Crippen molar-refractivity contribution in [3.63, 3.8) is 0 Å². The number of rotatable bonds is 5. The lowest BCUT2D eigenvalue weighted by molar-refractivity contribution is -0.144. The maximum absolute atomic E-state index is 13.2. The van der Waals surface area contributed by atoms with Crippen LogP contribution in [0.25, 0.3) is 0 Å². The summed E-state index contributed by atoms with van der Waals surface area (Å²) in [5, 5.41) is 9.54. The third kappa shape index (κ3) is 6.95. The highest BCUT2D eigenvalue weighted by molar-refractivity contribution is 5.69. The van der Waals surface area contributed by atoms with E-state index < -0.39 is 47.5 Å². The minimum Gasteiger partial charge on any atom is -0.481 e. The monoisotopic (exact) mass is 523 g/mol. The Kier molecular flexibility index (Phi) is 8.43. The second-order valence-corrected chi connectivity index (χ2v) is 9.36. The highest BCUT2D eigenvalue weighted by Gasteiger charge is 2.39. The van der Waals surface area contributed by atoms with Crippen molar-refractivity contribution >= 4 is 5.97 Å². The zero-order valence-corrected chi connectivity index (χ0v) is 20.3. The number of piperidine rings is 1. The topological polar surface area (TPSA) is 40.5 Å². The summed E-state index contributed by atoms with van der Waals surface area (Å²) in [7, 11) is 0. The lowest BCUT2D eigenvalue weighted by atomic mass is 9.79. The number of carbonyl (C=O) groups is 1. The maximum atomic E-state index is 13.2. The number of aliphatic carboxylic acids is 1. The Labute approximate surface area is 211 Å². The van der Waals surface area contributed by atoms with E-state index in [9.17, 15) is 36.2 Å². The molecule has 0 spiro atoms. The van der Waals surface area contributed by atoms with Gasteiger partial charge in [0.25, 0.3) is 0 Å². The molecule has 1 aliphatic heterocycles. The van der Waals surface area contributed by atoms with Crippen LogP contribution in [0.3, 0.4) is 0 Å². The van der Waals surface area contributed by atoms with Crippen LogP contribution in [0, 0.1) is 23.7 Å². The zero-order chi connectivity index (χ0) is 27.5. The first-order valence-corrected chi connectivity index (χ1v) is 11.7. The van der Waals surface area contributed by atoms with E-state index in [-0.39, 0.29) is 5.92 Å². The Morgan fingerprint density at radius 3 is 1.97 bits per heavy atom. The van der Waals surface area contributed by atoms with Gasteiger partial charge in [-0.25, -0.2) is 0 Å². The van der Waals surface area contributed by atoms with Crippen molar-refractivity contribution in [3.05, 3.63) is 82.9 Å². The Balaban J connectivity index is 2.07. The normalized spacial score (nSPS) is 20.4. The largest absolute Gasteiger partial charge is 0.481 e. The van der Waals surface area contributed by atoms with E-state index in [1.54, 1.807) is 13.8 Å². The molecular formula is C28H27F6NO2. The fourth-order valence-electron chi connectivity index (χ4n) is 4.60. The van der Waals surface area contributed by atoms with Crippen molar-refractivity contribution < 1.29 is 36.2 Å². The molecule has 2 unspecified atom stereocenters. The molecule has 0 radical (unpaired) electrons. The van der Waals surface area contributed by atoms with Crippen LogP contribution in [-0.4, -0.2) is 22.5 Å². The summed E-state index contributed by atoms with van der Waals surface area (Å²) in [6, 6.07) is 8.12. The van der Waals surface area contributed by atoms with Gasteiger partial charge in [0, 0.05) is 12.6 Å². The van der Waals surface area contributed by atoms with Gasteiger partial charge in [-0.3, -0.25) is 9.69 Å². The van der Waals surface area contributed by atoms with Crippen LogP contribution in [0.15, 0.2) is 60.7 Å². The second kappa shape index (κ2) is 11.0. The first-order chi connectivity index (χ1) is 17.2. The van der Waals surface area contributed by atoms with Crippen molar-refractivity contribution in [2.24, 2.45) is 11.8 Å². The van der Waals surface area contributed by atoms with Crippen LogP contribution in [0.2, 0.25) is 0 Å². The Morgan fingerprint density at radius 2 is 1.51 bits per heavy atom. The van der Waals surface area contributed by atoms with Crippen molar-refractivity contribution in [1.82, 2.24) is 4.90 Å². The standard InChI is InChI=1S/C28H27F6NO2/c1-17(2)4-13-24(19-5-9-22(10-6-19)27(29,30)31)35-15-14-21(18(3)26(36)37)16-25(35)20-7-11-23(12-8-20)28(32,33)34/h5-12,18,21,24-25H,1,14-16H2,2-3H3,(H,36,37)/t18?,21-,24?,25-/m0/s1. The van der Waals surface area contributed by atoms with Gasteiger partial charge in [0.15, 0.2) is 0 Å². The average molecular weight is 524 g/mol. The van der Waals surface area contributed by atoms with Gasteiger partial charge < -0.3 is 5.11 Å². The molecule has 3 rings (SSSR count). The zero-order valence-electron chi connectivity index (χ0n) is 20.3. The SMILES string of the molecule is C=C(C)C#CC(c1ccc(C(F)(F)F)cc1)N1CC[C@H](C(C)C(=O)O)C[C@H]1c1ccc(C(F)(F)F)cc1. The van der Waals surface area contributed by atoms with Gasteiger partial charge in [-0.1, -0.05) is 49.6 Å². The maximum Gasteiger partial charge on any atom is 0.416 e. The predicted molar refractivity (Wildman–Crippen MR) is 127 cm³/mol. The summed E-state index contributed by atoms with van der Waals surface area (Å²) < 4.78 is 78.9. The molecule has 1 aliphatic rings. The molecule has 1 heterocycles. The fourth-order valence-corrected chi connectivity index (χ4v) is 4.60. The number of hydrogen-bond acceptors (Lipinski definition) is 2. The number of hydrogen-bond donors (Lipinski definition) is 1. The predicted octanol–water partition coefficient (Wildman–Crippen LogP) is 7.52. The number of carboxylic acids is 1. The number of benzene rings is 2. The molecule has 0 aliphatic carbocycles. The second-order valence-electron chi connectivity index (χ2n) is 9.36. The Morgan fingerprint density at radius 1 is 1.00 bits per heavy atom. The van der Waals surface area contributed by atoms with E-state index in [2.05, 4.69) is 18.4 Å². The molecule has 0 bridgehead atoms. The minimum atomic E-state index is -4.51. The molecule has 198 valence electrons. The third-order valence-corrected chi connectivity index (χ3v) is 6.71. The first-order valence-electron chi connectivity index (χ1n) is 11.7. The summed E-state index contributed by atoms with van der Waals surface area (Å²) >= 11 is 0. The molecular weight excluding hydrogens is 496 g/mol. The molecule has 2 aromatic rings. The summed E-state index contributed by atoms with van der Waals surface area (Å²) in [4.78, 5) is 13.6. The number of likely N-dealkylation sites (tertiary alicyclic amines) is 1. The highest BCUT2D eigenvalue weighted by Crippen LogP contribution is 2.43. The Bertz CT molecular complexity index is 1170. The van der Waals surface area contributed by atoms with E-state index in [0.717, 1.165) is 24.3 Å². The lowest BCUT2D eigenvalue weighted by Crippen LogP contribution is -2.41. The van der Waals surface area contributed by atoms with Gasteiger partial charge in [-0.2, -0.15) is 26.3 Å². The van der Waals surface area contributed by atoms with Gasteiger partial charge in [-0.15, -0.1) is 0 Å². The molecule has 0 aromatic heterocycles. The van der Waals surface area contributed by atoms with Crippen LogP contribution in [0.4, 0.5) is 26.3 Å². The van der Waals surface area contributed by atoms with E-state index in [0.29, 0.717) is 36.1 Å². The van der Waals surface area contributed by atoms with Crippen LogP contribution >= 0.6 is 0 Å². The van der Waals surface area contributed by atoms with Crippen LogP contribution in [0.1, 0.15) is 61.0 Å². The van der Waals surface area contributed by atoms with Crippen LogP contribution in [0.5, 0.6) is 0 Å². The van der Waals surface area contributed by atoms with E-state index in [4.69, 9.17) is 0 Å². The number of allylic oxidation sites excluding steroid dienone is 1. The summed E-state index contributed by atoms with van der Waals surface area (Å²) in [6.07, 6.45) is -8.20. The van der Waals surface area contributed by atoms with Gasteiger partial charge >= 0.3 is 18.3 Å². The number of carboxylic acid groups (broad SMARTS) is 1. The summed E-state index contributed by atoms with van der Waals surface area (Å²) in [5.41, 5.74) is -0.0448. The molecule has 37 heavy (non-hydrogen) atoms. The molecule has 1 fully saturated rings. The van der Waals surface area contributed by atoms with E-state index in [1.165, 1.54) is 24.3 Å². The molecule has 0 saturated carbocycles. The molecule has 9 heteroatoms. The summed E-state index contributed by atoms with van der Waals surface area (Å²) in [5.74, 6) is 4.06. The Hall–Kier alpha value is -3.25. The van der Waals surface area contributed by atoms with E-state index in [1.807, 2.05) is 4.90 Å². The third-order valence-electron chi connectivity index (χ3n) is 6.71. The van der Waals surface area contributed by atoms with E-state index >= 15 is 0 Å². The lowest BCUT2D eigenvalue weighted by Gasteiger charge is -2.43. The number of nitrogens with zero attached hydrogens (tertiary/aromatic N) is 1. The molecule has 4 atom stereocenters. The molecule has 1 saturated heterocycles. The molecule has 3 nitrogen and oxygen atoms in total. The average Bonchev–Trinajstić information content (AvgIpc) is 2.83. The smallest absolute Gasteiger partial charge is 0.416 e. The quantitative estimate of drug-likeness (QED) is 0.326. The fraction of sp³-hybridized carbons (Fsp3) is 0.393. The van der Waals surface area contributed by atoms with Gasteiger partial charge in [-0.05, 0) is 66.6 Å². The van der Waals surface area contributed by atoms with Crippen LogP contribution in [-0.2, 0) is 17.1 Å². The number of halogens is 6. The molecule has 2 aromatic carbocycles. The molecule has 0 amide bonds. The van der Waals surface area contributed by atoms with Gasteiger partial charge in [0.1, 0.15) is 0 Å². The van der Waals surface area contributed by atoms with Crippen molar-refractivity contribution in [1.29, 1.82) is 0 Å². The van der Waals surface area contributed by atoms with Crippen molar-refractivity contribution in [2.45, 2.75) is 51.1 Å². The van der Waals surface area contributed by atoms with Gasteiger partial charge in [0.2, 0.25) is 0 Å².